The molecule has 0 atom stereocenters. The van der Waals surface area contributed by atoms with E-state index in [2.05, 4.69) is 85.9 Å². The molecule has 0 saturated heterocycles. The van der Waals surface area contributed by atoms with Crippen LogP contribution in [0.3, 0.4) is 0 Å². The lowest BCUT2D eigenvalue weighted by Crippen LogP contribution is -3.00. The van der Waals surface area contributed by atoms with Crippen LogP contribution in [0.25, 0.3) is 5.69 Å². The molecule has 0 radical (unpaired) electrons. The molecule has 2 aromatic carbocycles. The highest BCUT2D eigenvalue weighted by atomic mass is 35.5. The van der Waals surface area contributed by atoms with Crippen molar-refractivity contribution in [3.63, 3.8) is 0 Å². The first-order valence-electron chi connectivity index (χ1n) is 8.25. The van der Waals surface area contributed by atoms with Crippen molar-refractivity contribution >= 4 is 11.6 Å². The van der Waals surface area contributed by atoms with Crippen LogP contribution in [0.15, 0.2) is 30.6 Å². The summed E-state index contributed by atoms with van der Waals surface area (Å²) in [5.41, 5.74) is 9.77. The molecule has 0 unspecified atom stereocenters. The van der Waals surface area contributed by atoms with Gasteiger partial charge in [-0.05, 0) is 68.9 Å². The van der Waals surface area contributed by atoms with Gasteiger partial charge in [-0.2, -0.15) is 4.57 Å². The van der Waals surface area contributed by atoms with Crippen LogP contribution in [0, 0.1) is 41.5 Å². The second-order valence-corrected chi connectivity index (χ2v) is 6.72. The Balaban J connectivity index is 0.00000225. The van der Waals surface area contributed by atoms with E-state index in [-0.39, 0.29) is 12.4 Å². The monoisotopic (exact) mass is 356 g/mol. The maximum absolute atomic E-state index is 4.25. The third-order valence-corrected chi connectivity index (χ3v) is 4.38. The number of rotatable bonds is 3. The van der Waals surface area contributed by atoms with Crippen LogP contribution in [-0.4, -0.2) is 10.2 Å². The second kappa shape index (κ2) is 7.28. The Hall–Kier alpha value is -2.33. The minimum Gasteiger partial charge on any atom is -1.00 e. The van der Waals surface area contributed by atoms with Gasteiger partial charge in [0.05, 0.1) is 5.69 Å². The summed E-state index contributed by atoms with van der Waals surface area (Å²) in [7, 11) is 0. The van der Waals surface area contributed by atoms with Crippen LogP contribution in [0.5, 0.6) is 0 Å². The fourth-order valence-electron chi connectivity index (χ4n) is 3.57. The number of nitrogens with zero attached hydrogens (tertiary/aromatic N) is 2. The van der Waals surface area contributed by atoms with Crippen LogP contribution in [0.2, 0.25) is 0 Å². The SMILES string of the molecule is Cc1cc(C)c(Nc2[nH]nc[n+]2-c2c(C)cc(C)cc2C)c(C)c1.[Cl-]. The Labute approximate surface area is 155 Å². The summed E-state index contributed by atoms with van der Waals surface area (Å²) in [6.45, 7) is 12.8. The van der Waals surface area contributed by atoms with Crippen LogP contribution in [0.4, 0.5) is 11.6 Å². The maximum atomic E-state index is 4.25. The second-order valence-electron chi connectivity index (χ2n) is 6.72. The van der Waals surface area contributed by atoms with Gasteiger partial charge in [-0.25, -0.2) is 0 Å². The van der Waals surface area contributed by atoms with E-state index in [1.165, 1.54) is 39.1 Å². The highest BCUT2D eigenvalue weighted by molar-refractivity contribution is 5.63. The number of halogens is 1. The summed E-state index contributed by atoms with van der Waals surface area (Å²) in [4.78, 5) is 0. The number of aromatic amines is 1. The number of aryl methyl sites for hydroxylation is 6. The number of hydrogen-bond acceptors (Lipinski definition) is 2. The van der Waals surface area contributed by atoms with Crippen LogP contribution in [0.1, 0.15) is 33.4 Å². The topological polar surface area (TPSA) is 44.6 Å². The van der Waals surface area contributed by atoms with Crippen molar-refractivity contribution in [2.45, 2.75) is 41.5 Å². The van der Waals surface area contributed by atoms with Crippen molar-refractivity contribution < 1.29 is 17.0 Å². The number of nitrogens with one attached hydrogen (secondary N) is 2. The standard InChI is InChI=1S/C20H24N4.ClH/c1-12-7-14(3)18(15(4)8-12)22-20-23-21-11-24(20)19-16(5)9-13(2)10-17(19)6;/h7-11H,1-6H3,(H,22,23);1H. The first kappa shape index (κ1) is 19.0. The molecule has 3 rings (SSSR count). The van der Waals surface area contributed by atoms with Gasteiger partial charge >= 0.3 is 5.95 Å². The zero-order chi connectivity index (χ0) is 17.4. The third-order valence-electron chi connectivity index (χ3n) is 4.38. The van der Waals surface area contributed by atoms with Gasteiger partial charge in [-0.3, -0.25) is 5.32 Å². The average Bonchev–Trinajstić information content (AvgIpc) is 2.89. The van der Waals surface area contributed by atoms with Gasteiger partial charge in [0.1, 0.15) is 5.69 Å². The molecule has 0 aliphatic heterocycles. The van der Waals surface area contributed by atoms with E-state index >= 15 is 0 Å². The van der Waals surface area contributed by atoms with Gasteiger partial charge in [0.25, 0.3) is 0 Å². The number of hydrogen-bond donors (Lipinski definition) is 2. The predicted octanol–water partition coefficient (Wildman–Crippen LogP) is 1.28. The Morgan fingerprint density at radius 3 is 1.80 bits per heavy atom. The lowest BCUT2D eigenvalue weighted by atomic mass is 10.0. The van der Waals surface area contributed by atoms with E-state index in [1.807, 2.05) is 6.33 Å². The quantitative estimate of drug-likeness (QED) is 0.694. The summed E-state index contributed by atoms with van der Waals surface area (Å²) in [6, 6.07) is 8.79. The summed E-state index contributed by atoms with van der Waals surface area (Å²) in [5, 5.41) is 10.9. The fourth-order valence-corrected chi connectivity index (χ4v) is 3.57. The molecule has 3 aromatic rings. The van der Waals surface area contributed by atoms with Crippen molar-refractivity contribution in [2.75, 3.05) is 5.32 Å². The molecule has 0 aliphatic carbocycles. The molecule has 4 nitrogen and oxygen atoms in total. The maximum Gasteiger partial charge on any atom is 0.351 e. The van der Waals surface area contributed by atoms with Crippen molar-refractivity contribution in [3.8, 4) is 5.69 Å². The molecule has 0 saturated carbocycles. The Kier molecular flexibility index (Phi) is 5.53. The molecule has 0 fully saturated rings. The van der Waals surface area contributed by atoms with Crippen molar-refractivity contribution in [2.24, 2.45) is 0 Å². The Morgan fingerprint density at radius 2 is 1.28 bits per heavy atom. The Bertz CT molecular complexity index is 866. The van der Waals surface area contributed by atoms with Gasteiger partial charge in [0.15, 0.2) is 0 Å². The van der Waals surface area contributed by atoms with Gasteiger partial charge in [0.2, 0.25) is 6.33 Å². The lowest BCUT2D eigenvalue weighted by molar-refractivity contribution is -0.581. The normalized spacial score (nSPS) is 10.5. The zero-order valence-corrected chi connectivity index (χ0v) is 16.4. The summed E-state index contributed by atoms with van der Waals surface area (Å²) in [5.74, 6) is 0.861. The molecule has 5 heteroatoms. The van der Waals surface area contributed by atoms with Crippen LogP contribution in [-0.2, 0) is 0 Å². The average molecular weight is 357 g/mol. The van der Waals surface area contributed by atoms with Crippen LogP contribution >= 0.6 is 0 Å². The van der Waals surface area contributed by atoms with Gasteiger partial charge in [-0.1, -0.05) is 35.4 Å². The van der Waals surface area contributed by atoms with Crippen LogP contribution < -0.4 is 22.3 Å². The lowest BCUT2D eigenvalue weighted by Gasteiger charge is -2.13. The molecule has 0 aliphatic rings. The van der Waals surface area contributed by atoms with E-state index in [9.17, 15) is 0 Å². The van der Waals surface area contributed by atoms with Crippen molar-refractivity contribution in [1.82, 2.24) is 10.2 Å². The third kappa shape index (κ3) is 3.69. The van der Waals surface area contributed by atoms with Crippen molar-refractivity contribution in [3.05, 3.63) is 64.0 Å². The molecule has 132 valence electrons. The highest BCUT2D eigenvalue weighted by Gasteiger charge is 2.19. The molecule has 1 aromatic heterocycles. The minimum absolute atomic E-state index is 0. The largest absolute Gasteiger partial charge is 1.00 e. The van der Waals surface area contributed by atoms with Gasteiger partial charge in [-0.15, -0.1) is 5.10 Å². The Morgan fingerprint density at radius 1 is 0.800 bits per heavy atom. The molecule has 25 heavy (non-hydrogen) atoms. The molecule has 0 spiro atoms. The molecule has 0 bridgehead atoms. The van der Waals surface area contributed by atoms with Gasteiger partial charge < -0.3 is 12.4 Å². The number of anilines is 2. The minimum atomic E-state index is 0. The van der Waals surface area contributed by atoms with E-state index in [0.29, 0.717) is 0 Å². The van der Waals surface area contributed by atoms with E-state index in [4.69, 9.17) is 0 Å². The molecular weight excluding hydrogens is 332 g/mol. The molecule has 1 heterocycles. The summed E-state index contributed by atoms with van der Waals surface area (Å²) in [6.07, 6.45) is 1.83. The smallest absolute Gasteiger partial charge is 0.351 e. The fraction of sp³-hybridized carbons (Fsp3) is 0.300. The zero-order valence-electron chi connectivity index (χ0n) is 15.7. The van der Waals surface area contributed by atoms with E-state index < -0.39 is 0 Å². The molecule has 0 amide bonds. The first-order chi connectivity index (χ1) is 11.4. The highest BCUT2D eigenvalue weighted by Crippen LogP contribution is 2.25. The summed E-state index contributed by atoms with van der Waals surface area (Å²) >= 11 is 0. The van der Waals surface area contributed by atoms with Crippen molar-refractivity contribution in [1.29, 1.82) is 0 Å². The number of benzene rings is 2. The predicted molar refractivity (Wildman–Crippen MR) is 98.3 cm³/mol. The van der Waals surface area contributed by atoms with E-state index in [1.54, 1.807) is 0 Å². The summed E-state index contributed by atoms with van der Waals surface area (Å²) < 4.78 is 2.09. The number of aromatic nitrogens is 3. The molecule has 2 N–H and O–H groups in total. The van der Waals surface area contributed by atoms with E-state index in [0.717, 1.165) is 11.6 Å². The first-order valence-corrected chi connectivity index (χ1v) is 8.25. The van der Waals surface area contributed by atoms with Gasteiger partial charge in [0, 0.05) is 0 Å². The molecular formula is C20H25ClN4. The number of H-pyrrole nitrogens is 1.